The van der Waals surface area contributed by atoms with Gasteiger partial charge in [-0.25, -0.2) is 0 Å². The fraction of sp³-hybridized carbons (Fsp3) is 0.471. The Balaban J connectivity index is 0.00000200. The van der Waals surface area contributed by atoms with Gasteiger partial charge in [0.15, 0.2) is 5.69 Å². The summed E-state index contributed by atoms with van der Waals surface area (Å²) >= 11 is 1.83. The molecule has 0 N–H and O–H groups in total. The zero-order valence-electron chi connectivity index (χ0n) is 13.2. The zero-order chi connectivity index (χ0) is 14.2. The van der Waals surface area contributed by atoms with Crippen LogP contribution in [0.25, 0.3) is 5.69 Å². The molecule has 2 rings (SSSR count). The summed E-state index contributed by atoms with van der Waals surface area (Å²) < 4.78 is 2.38. The van der Waals surface area contributed by atoms with Gasteiger partial charge in [-0.1, -0.05) is 57.2 Å². The van der Waals surface area contributed by atoms with Crippen LogP contribution < -0.4 is 21.5 Å². The molecule has 0 saturated heterocycles. The molecule has 110 valence electrons. The lowest BCUT2D eigenvalue weighted by Crippen LogP contribution is -3.00. The average molecular weight is 354 g/mol. The lowest BCUT2D eigenvalue weighted by atomic mass is 9.92. The van der Waals surface area contributed by atoms with E-state index in [-0.39, 0.29) is 17.0 Å². The van der Waals surface area contributed by atoms with Crippen LogP contribution in [0.4, 0.5) is 0 Å². The molecule has 0 radical (unpaired) electrons. The molecule has 0 atom stereocenters. The second-order valence-corrected chi connectivity index (χ2v) is 6.89. The van der Waals surface area contributed by atoms with Crippen molar-refractivity contribution in [1.82, 2.24) is 0 Å². The summed E-state index contributed by atoms with van der Waals surface area (Å²) in [5.74, 6) is 1.08. The number of benzene rings is 1. The smallest absolute Gasteiger partial charge is 0.231 e. The molecule has 0 saturated carbocycles. The van der Waals surface area contributed by atoms with Gasteiger partial charge in [0.1, 0.15) is 0 Å². The fourth-order valence-electron chi connectivity index (χ4n) is 2.48. The van der Waals surface area contributed by atoms with Gasteiger partial charge in [0.05, 0.1) is 4.88 Å². The van der Waals surface area contributed by atoms with E-state index in [0.717, 1.165) is 0 Å². The van der Waals surface area contributed by atoms with Crippen molar-refractivity contribution < 1.29 is 21.5 Å². The van der Waals surface area contributed by atoms with Gasteiger partial charge in [-0.3, -0.25) is 0 Å². The molecule has 0 spiro atoms. The van der Waals surface area contributed by atoms with Crippen LogP contribution in [0.1, 0.15) is 61.2 Å². The summed E-state index contributed by atoms with van der Waals surface area (Å²) in [5, 5.41) is 0. The number of aromatic nitrogens is 1. The van der Waals surface area contributed by atoms with E-state index < -0.39 is 0 Å². The number of aryl methyl sites for hydroxylation is 1. The summed E-state index contributed by atoms with van der Waals surface area (Å²) in [6.07, 6.45) is 0. The van der Waals surface area contributed by atoms with E-state index in [1.807, 2.05) is 11.3 Å². The summed E-state index contributed by atoms with van der Waals surface area (Å²) in [6, 6.07) is 6.74. The Bertz CT molecular complexity index is 558. The SMILES string of the molecule is Cc1sc[n+](-c2c(C(C)C)cccc2C(C)C)c1C.[Br-]. The third kappa shape index (κ3) is 3.15. The molecule has 0 fully saturated rings. The summed E-state index contributed by atoms with van der Waals surface area (Å²) in [7, 11) is 0. The largest absolute Gasteiger partial charge is 1.00 e. The quantitative estimate of drug-likeness (QED) is 0.742. The first-order valence-corrected chi connectivity index (χ1v) is 7.91. The number of thiazole rings is 1. The van der Waals surface area contributed by atoms with Gasteiger partial charge in [-0.05, 0) is 18.8 Å². The number of nitrogens with zero attached hydrogens (tertiary/aromatic N) is 1. The molecular formula is C17H24BrNS. The number of hydrogen-bond donors (Lipinski definition) is 0. The van der Waals surface area contributed by atoms with Gasteiger partial charge >= 0.3 is 0 Å². The maximum absolute atomic E-state index is 2.38. The van der Waals surface area contributed by atoms with Gasteiger partial charge < -0.3 is 17.0 Å². The van der Waals surface area contributed by atoms with E-state index >= 15 is 0 Å². The molecule has 0 aliphatic carbocycles. The third-order valence-electron chi connectivity index (χ3n) is 3.79. The van der Waals surface area contributed by atoms with Crippen LogP contribution in [-0.4, -0.2) is 0 Å². The van der Waals surface area contributed by atoms with Gasteiger partial charge in [0.2, 0.25) is 11.2 Å². The summed E-state index contributed by atoms with van der Waals surface area (Å²) in [5.41, 5.74) is 7.89. The molecule has 20 heavy (non-hydrogen) atoms. The highest BCUT2D eigenvalue weighted by molar-refractivity contribution is 7.09. The molecule has 0 aliphatic rings. The molecular weight excluding hydrogens is 330 g/mol. The molecule has 1 heterocycles. The van der Waals surface area contributed by atoms with Crippen LogP contribution in [0.2, 0.25) is 0 Å². The van der Waals surface area contributed by atoms with E-state index in [0.29, 0.717) is 11.8 Å². The molecule has 3 heteroatoms. The molecule has 0 amide bonds. The predicted molar refractivity (Wildman–Crippen MR) is 83.5 cm³/mol. The van der Waals surface area contributed by atoms with Crippen molar-refractivity contribution in [3.8, 4) is 5.69 Å². The summed E-state index contributed by atoms with van der Waals surface area (Å²) in [4.78, 5) is 1.40. The van der Waals surface area contributed by atoms with Crippen molar-refractivity contribution in [2.24, 2.45) is 0 Å². The first kappa shape index (κ1) is 17.4. The second kappa shape index (κ2) is 6.86. The minimum atomic E-state index is 0. The van der Waals surface area contributed by atoms with Gasteiger partial charge in [0, 0.05) is 18.1 Å². The minimum Gasteiger partial charge on any atom is -1.00 e. The third-order valence-corrected chi connectivity index (χ3v) is 4.75. The number of para-hydroxylation sites is 1. The first-order valence-electron chi connectivity index (χ1n) is 7.03. The average Bonchev–Trinajstić information content (AvgIpc) is 2.68. The molecule has 0 aliphatic heterocycles. The molecule has 0 bridgehead atoms. The summed E-state index contributed by atoms with van der Waals surface area (Å²) in [6.45, 7) is 13.5. The molecule has 0 unspecified atom stereocenters. The minimum absolute atomic E-state index is 0. The van der Waals surface area contributed by atoms with Gasteiger partial charge in [0.25, 0.3) is 0 Å². The Morgan fingerprint density at radius 3 is 1.80 bits per heavy atom. The first-order chi connectivity index (χ1) is 8.93. The van der Waals surface area contributed by atoms with E-state index in [1.54, 1.807) is 0 Å². The monoisotopic (exact) mass is 353 g/mol. The topological polar surface area (TPSA) is 3.88 Å². The maximum Gasteiger partial charge on any atom is 0.231 e. The predicted octanol–water partition coefficient (Wildman–Crippen LogP) is 1.89. The standard InChI is InChI=1S/C17H24NS.BrH/c1-11(2)15-8-7-9-16(12(3)4)17(15)18-10-19-14(6)13(18)5;/h7-12H,1-6H3;1H/q+1;/p-1. The van der Waals surface area contributed by atoms with Crippen molar-refractivity contribution in [3.63, 3.8) is 0 Å². The van der Waals surface area contributed by atoms with Crippen LogP contribution in [0.15, 0.2) is 23.7 Å². The highest BCUT2D eigenvalue weighted by Crippen LogP contribution is 2.29. The fourth-order valence-corrected chi connectivity index (χ4v) is 3.27. The van der Waals surface area contributed by atoms with Crippen molar-refractivity contribution in [2.45, 2.75) is 53.4 Å². The Hall–Kier alpha value is -0.670. The Kier molecular flexibility index (Phi) is 5.96. The second-order valence-electron chi connectivity index (χ2n) is 5.83. The maximum atomic E-state index is 2.38. The highest BCUT2D eigenvalue weighted by atomic mass is 79.9. The number of hydrogen-bond acceptors (Lipinski definition) is 1. The van der Waals surface area contributed by atoms with E-state index in [9.17, 15) is 0 Å². The van der Waals surface area contributed by atoms with Crippen molar-refractivity contribution >= 4 is 11.3 Å². The molecule has 1 aromatic heterocycles. The zero-order valence-corrected chi connectivity index (χ0v) is 15.6. The van der Waals surface area contributed by atoms with Gasteiger partial charge in [-0.2, -0.15) is 4.57 Å². The van der Waals surface area contributed by atoms with Crippen molar-refractivity contribution in [1.29, 1.82) is 0 Å². The van der Waals surface area contributed by atoms with Crippen LogP contribution in [0.3, 0.4) is 0 Å². The van der Waals surface area contributed by atoms with Crippen LogP contribution >= 0.6 is 11.3 Å². The number of rotatable bonds is 3. The normalized spacial score (nSPS) is 11.0. The Morgan fingerprint density at radius 2 is 1.45 bits per heavy atom. The van der Waals surface area contributed by atoms with Crippen LogP contribution in [0, 0.1) is 13.8 Å². The van der Waals surface area contributed by atoms with Crippen molar-refractivity contribution in [3.05, 3.63) is 45.4 Å². The van der Waals surface area contributed by atoms with E-state index in [1.165, 1.54) is 27.4 Å². The van der Waals surface area contributed by atoms with E-state index in [4.69, 9.17) is 0 Å². The Morgan fingerprint density at radius 1 is 0.950 bits per heavy atom. The van der Waals surface area contributed by atoms with Crippen molar-refractivity contribution in [2.75, 3.05) is 0 Å². The molecule has 2 aromatic rings. The molecule has 1 aromatic carbocycles. The van der Waals surface area contributed by atoms with Crippen LogP contribution in [0.5, 0.6) is 0 Å². The lowest BCUT2D eigenvalue weighted by molar-refractivity contribution is -0.598. The van der Waals surface area contributed by atoms with E-state index in [2.05, 4.69) is 69.8 Å². The Labute approximate surface area is 137 Å². The van der Waals surface area contributed by atoms with Gasteiger partial charge in [-0.15, -0.1) is 0 Å². The highest BCUT2D eigenvalue weighted by Gasteiger charge is 2.25. The number of halogens is 1. The molecule has 1 nitrogen and oxygen atoms in total. The lowest BCUT2D eigenvalue weighted by Gasteiger charge is -2.14. The van der Waals surface area contributed by atoms with Crippen LogP contribution in [-0.2, 0) is 0 Å².